The number of halogens is 2. The molecular weight excluding hydrogens is 335 g/mol. The van der Waals surface area contributed by atoms with Crippen LogP contribution in [0.3, 0.4) is 0 Å². The highest BCUT2D eigenvalue weighted by molar-refractivity contribution is 7.98. The van der Waals surface area contributed by atoms with Gasteiger partial charge in [-0.15, -0.1) is 5.10 Å². The summed E-state index contributed by atoms with van der Waals surface area (Å²) >= 11 is 13.4. The summed E-state index contributed by atoms with van der Waals surface area (Å²) < 4.78 is 11.9. The molecule has 0 radical (unpaired) electrons. The van der Waals surface area contributed by atoms with E-state index in [1.165, 1.54) is 11.8 Å². The lowest BCUT2D eigenvalue weighted by atomic mass is 10.2. The molecule has 1 aromatic carbocycles. The van der Waals surface area contributed by atoms with Crippen molar-refractivity contribution in [3.8, 4) is 0 Å². The van der Waals surface area contributed by atoms with Crippen LogP contribution in [0.2, 0.25) is 10.0 Å². The molecule has 0 amide bonds. The number of hydrogen-bond acceptors (Lipinski definition) is 6. The van der Waals surface area contributed by atoms with Crippen molar-refractivity contribution >= 4 is 35.0 Å². The molecule has 0 atom stereocenters. The third kappa shape index (κ3) is 4.55. The van der Waals surface area contributed by atoms with E-state index in [0.29, 0.717) is 27.5 Å². The molecule has 1 aromatic heterocycles. The molecule has 0 spiro atoms. The molecule has 0 aliphatic rings. The van der Waals surface area contributed by atoms with Gasteiger partial charge in [0.2, 0.25) is 5.16 Å². The van der Waals surface area contributed by atoms with Crippen LogP contribution in [0.5, 0.6) is 0 Å². The zero-order valence-corrected chi connectivity index (χ0v) is 13.8. The summed E-state index contributed by atoms with van der Waals surface area (Å²) in [6.07, 6.45) is -0.391. The molecule has 0 saturated carbocycles. The Hall–Kier alpha value is -0.860. The second kappa shape index (κ2) is 7.95. The van der Waals surface area contributed by atoms with Crippen molar-refractivity contribution in [3.05, 3.63) is 33.8 Å². The van der Waals surface area contributed by atoms with Crippen LogP contribution < -0.4 is 0 Å². The average Bonchev–Trinajstić information content (AvgIpc) is 2.93. The summed E-state index contributed by atoms with van der Waals surface area (Å²) in [4.78, 5) is 0. The van der Waals surface area contributed by atoms with Gasteiger partial charge in [0.25, 0.3) is 0 Å². The van der Waals surface area contributed by atoms with Crippen molar-refractivity contribution in [2.24, 2.45) is 0 Å². The van der Waals surface area contributed by atoms with Crippen LogP contribution >= 0.6 is 35.0 Å². The predicted molar refractivity (Wildman–Crippen MR) is 81.6 cm³/mol. The maximum Gasteiger partial charge on any atom is 0.209 e. The summed E-state index contributed by atoms with van der Waals surface area (Å²) in [5.41, 5.74) is 1.04. The first kappa shape index (κ1) is 16.5. The minimum atomic E-state index is -0.391. The SMILES string of the molecule is COC(Cn1nnnc1SCc1ccc(Cl)c(Cl)c1)OC. The van der Waals surface area contributed by atoms with Gasteiger partial charge in [0.1, 0.15) is 0 Å². The highest BCUT2D eigenvalue weighted by atomic mass is 35.5. The number of benzene rings is 1. The Bertz CT molecular complexity index is 592. The molecule has 0 bridgehead atoms. The largest absolute Gasteiger partial charge is 0.354 e. The fraction of sp³-hybridized carbons (Fsp3) is 0.417. The van der Waals surface area contributed by atoms with Gasteiger partial charge < -0.3 is 9.47 Å². The van der Waals surface area contributed by atoms with Crippen molar-refractivity contribution in [2.75, 3.05) is 14.2 Å². The minimum Gasteiger partial charge on any atom is -0.354 e. The van der Waals surface area contributed by atoms with E-state index in [9.17, 15) is 0 Å². The number of tetrazole rings is 1. The van der Waals surface area contributed by atoms with Crippen LogP contribution in [-0.4, -0.2) is 40.7 Å². The lowest BCUT2D eigenvalue weighted by Crippen LogP contribution is -2.21. The number of ether oxygens (including phenoxy) is 2. The van der Waals surface area contributed by atoms with Crippen LogP contribution in [0, 0.1) is 0 Å². The van der Waals surface area contributed by atoms with Crippen LogP contribution in [-0.2, 0) is 21.8 Å². The highest BCUT2D eigenvalue weighted by Crippen LogP contribution is 2.26. The van der Waals surface area contributed by atoms with E-state index in [4.69, 9.17) is 32.7 Å². The first-order valence-electron chi connectivity index (χ1n) is 6.02. The summed E-state index contributed by atoms with van der Waals surface area (Å²) in [6.45, 7) is 0.420. The van der Waals surface area contributed by atoms with Gasteiger partial charge in [-0.1, -0.05) is 41.0 Å². The minimum absolute atomic E-state index is 0.391. The van der Waals surface area contributed by atoms with Crippen molar-refractivity contribution in [3.63, 3.8) is 0 Å². The zero-order valence-electron chi connectivity index (χ0n) is 11.5. The van der Waals surface area contributed by atoms with E-state index in [2.05, 4.69) is 15.5 Å². The van der Waals surface area contributed by atoms with Crippen LogP contribution in [0.25, 0.3) is 0 Å². The number of hydrogen-bond donors (Lipinski definition) is 0. The Balaban J connectivity index is 2.00. The van der Waals surface area contributed by atoms with Gasteiger partial charge >= 0.3 is 0 Å². The second-order valence-corrected chi connectivity index (χ2v) is 5.84. The molecule has 0 aliphatic heterocycles. The molecule has 2 rings (SSSR count). The van der Waals surface area contributed by atoms with E-state index in [1.807, 2.05) is 12.1 Å². The number of rotatable bonds is 7. The lowest BCUT2D eigenvalue weighted by Gasteiger charge is -2.13. The third-order valence-corrected chi connectivity index (χ3v) is 4.47. The Morgan fingerprint density at radius 3 is 2.67 bits per heavy atom. The monoisotopic (exact) mass is 348 g/mol. The molecule has 114 valence electrons. The standard InChI is InChI=1S/C12H14Cl2N4O2S/c1-19-11(20-2)6-18-12(15-16-17-18)21-7-8-3-4-9(13)10(14)5-8/h3-5,11H,6-7H2,1-2H3. The van der Waals surface area contributed by atoms with Gasteiger partial charge in [-0.25, -0.2) is 4.68 Å². The quantitative estimate of drug-likeness (QED) is 0.566. The molecular formula is C12H14Cl2N4O2S. The van der Waals surface area contributed by atoms with E-state index in [-0.39, 0.29) is 0 Å². The van der Waals surface area contributed by atoms with Gasteiger partial charge in [-0.05, 0) is 28.1 Å². The average molecular weight is 349 g/mol. The Kier molecular flexibility index (Phi) is 6.25. The lowest BCUT2D eigenvalue weighted by molar-refractivity contribution is -0.113. The molecule has 0 saturated heterocycles. The normalized spacial score (nSPS) is 11.3. The molecule has 6 nitrogen and oxygen atoms in total. The van der Waals surface area contributed by atoms with Gasteiger partial charge in [0.15, 0.2) is 6.29 Å². The molecule has 9 heteroatoms. The summed E-state index contributed by atoms with van der Waals surface area (Å²) in [5, 5.41) is 13.3. The van der Waals surface area contributed by atoms with Crippen LogP contribution in [0.1, 0.15) is 5.56 Å². The molecule has 21 heavy (non-hydrogen) atoms. The van der Waals surface area contributed by atoms with Gasteiger partial charge in [0.05, 0.1) is 16.6 Å². The maximum atomic E-state index is 5.99. The van der Waals surface area contributed by atoms with Crippen molar-refractivity contribution in [2.45, 2.75) is 23.7 Å². The van der Waals surface area contributed by atoms with E-state index < -0.39 is 6.29 Å². The molecule has 0 aliphatic carbocycles. The summed E-state index contributed by atoms with van der Waals surface area (Å²) in [5.74, 6) is 0.682. The third-order valence-electron chi connectivity index (χ3n) is 2.70. The Morgan fingerprint density at radius 2 is 2.00 bits per heavy atom. The smallest absolute Gasteiger partial charge is 0.209 e. The van der Waals surface area contributed by atoms with E-state index >= 15 is 0 Å². The van der Waals surface area contributed by atoms with Crippen molar-refractivity contribution in [1.29, 1.82) is 0 Å². The molecule has 0 N–H and O–H groups in total. The molecule has 2 aromatic rings. The number of methoxy groups -OCH3 is 2. The van der Waals surface area contributed by atoms with Crippen molar-refractivity contribution in [1.82, 2.24) is 20.2 Å². The molecule has 0 fully saturated rings. The Morgan fingerprint density at radius 1 is 1.24 bits per heavy atom. The zero-order chi connectivity index (χ0) is 15.2. The number of thioether (sulfide) groups is 1. The first-order chi connectivity index (χ1) is 10.1. The van der Waals surface area contributed by atoms with Crippen LogP contribution in [0.4, 0.5) is 0 Å². The van der Waals surface area contributed by atoms with Crippen molar-refractivity contribution < 1.29 is 9.47 Å². The van der Waals surface area contributed by atoms with E-state index in [1.54, 1.807) is 25.0 Å². The van der Waals surface area contributed by atoms with Crippen LogP contribution in [0.15, 0.2) is 23.4 Å². The molecule has 1 heterocycles. The Labute approximate surface area is 136 Å². The van der Waals surface area contributed by atoms with Gasteiger partial charge in [0, 0.05) is 20.0 Å². The predicted octanol–water partition coefficient (Wildman–Crippen LogP) is 2.89. The topological polar surface area (TPSA) is 62.1 Å². The van der Waals surface area contributed by atoms with Gasteiger partial charge in [-0.2, -0.15) is 0 Å². The highest BCUT2D eigenvalue weighted by Gasteiger charge is 2.13. The number of nitrogens with zero attached hydrogens (tertiary/aromatic N) is 4. The molecule has 0 unspecified atom stereocenters. The first-order valence-corrected chi connectivity index (χ1v) is 7.76. The fourth-order valence-electron chi connectivity index (χ4n) is 1.58. The maximum absolute atomic E-state index is 5.99. The summed E-state index contributed by atoms with van der Waals surface area (Å²) in [7, 11) is 3.14. The summed E-state index contributed by atoms with van der Waals surface area (Å²) in [6, 6.07) is 5.52. The fourth-order valence-corrected chi connectivity index (χ4v) is 2.73. The van der Waals surface area contributed by atoms with Gasteiger partial charge in [-0.3, -0.25) is 0 Å². The second-order valence-electron chi connectivity index (χ2n) is 4.08. The number of aromatic nitrogens is 4. The van der Waals surface area contributed by atoms with E-state index in [0.717, 1.165) is 5.56 Å².